The number of rotatable bonds is 2. The van der Waals surface area contributed by atoms with Crippen molar-refractivity contribution in [2.24, 2.45) is 7.05 Å². The van der Waals surface area contributed by atoms with Crippen LogP contribution in [-0.2, 0) is 12.8 Å². The second-order valence-electron chi connectivity index (χ2n) is 5.33. The van der Waals surface area contributed by atoms with Crippen LogP contribution in [0.25, 0.3) is 11.3 Å². The van der Waals surface area contributed by atoms with E-state index in [1.54, 1.807) is 11.8 Å². The lowest BCUT2D eigenvalue weighted by Crippen LogP contribution is -2.26. The predicted octanol–water partition coefficient (Wildman–Crippen LogP) is 2.59. The van der Waals surface area contributed by atoms with E-state index < -0.39 is 0 Å². The number of nitrogens with one attached hydrogen (secondary N) is 1. The molecule has 1 amide bonds. The SMILES string of the molecule is Cn1nc(C(=O)NC2CC2)c2c1-c1ccccc1SC2. The fraction of sp³-hybridized carbons (Fsp3) is 0.333. The van der Waals surface area contributed by atoms with E-state index in [1.807, 2.05) is 23.9 Å². The van der Waals surface area contributed by atoms with Gasteiger partial charge < -0.3 is 5.32 Å². The van der Waals surface area contributed by atoms with Crippen molar-refractivity contribution in [3.05, 3.63) is 35.5 Å². The number of benzene rings is 1. The Hall–Kier alpha value is -1.75. The summed E-state index contributed by atoms with van der Waals surface area (Å²) in [4.78, 5) is 13.6. The van der Waals surface area contributed by atoms with Crippen LogP contribution in [0.15, 0.2) is 29.2 Å². The fourth-order valence-corrected chi connectivity index (χ4v) is 3.71. The average Bonchev–Trinajstić information content (AvgIpc) is 3.20. The number of hydrogen-bond donors (Lipinski definition) is 1. The number of hydrogen-bond acceptors (Lipinski definition) is 3. The molecule has 5 heteroatoms. The van der Waals surface area contributed by atoms with E-state index in [1.165, 1.54) is 10.5 Å². The molecule has 1 aromatic heterocycles. The lowest BCUT2D eigenvalue weighted by molar-refractivity contribution is 0.0944. The highest BCUT2D eigenvalue weighted by Crippen LogP contribution is 2.42. The van der Waals surface area contributed by atoms with Crippen molar-refractivity contribution >= 4 is 17.7 Å². The summed E-state index contributed by atoms with van der Waals surface area (Å²) in [5.41, 5.74) is 3.92. The third kappa shape index (κ3) is 1.85. The van der Waals surface area contributed by atoms with Gasteiger partial charge in [0.05, 0.1) is 5.69 Å². The molecule has 1 aliphatic carbocycles. The van der Waals surface area contributed by atoms with Crippen molar-refractivity contribution in [1.82, 2.24) is 15.1 Å². The van der Waals surface area contributed by atoms with Gasteiger partial charge in [0.25, 0.3) is 5.91 Å². The van der Waals surface area contributed by atoms with Gasteiger partial charge in [-0.25, -0.2) is 0 Å². The van der Waals surface area contributed by atoms with Gasteiger partial charge in [-0.05, 0) is 18.9 Å². The molecule has 1 N–H and O–H groups in total. The van der Waals surface area contributed by atoms with Gasteiger partial charge in [0.2, 0.25) is 0 Å². The molecular formula is C15H15N3OS. The van der Waals surface area contributed by atoms with Crippen molar-refractivity contribution in [3.8, 4) is 11.3 Å². The Bertz CT molecular complexity index is 703. The van der Waals surface area contributed by atoms with E-state index in [-0.39, 0.29) is 5.91 Å². The molecule has 0 radical (unpaired) electrons. The average molecular weight is 285 g/mol. The largest absolute Gasteiger partial charge is 0.348 e. The number of carbonyl (C=O) groups is 1. The summed E-state index contributed by atoms with van der Waals surface area (Å²) in [5, 5.41) is 7.50. The highest BCUT2D eigenvalue weighted by atomic mass is 32.2. The van der Waals surface area contributed by atoms with E-state index in [4.69, 9.17) is 0 Å². The first-order chi connectivity index (χ1) is 9.74. The number of fused-ring (bicyclic) bond motifs is 3. The first-order valence-corrected chi connectivity index (χ1v) is 7.81. The Balaban J connectivity index is 1.80. The minimum Gasteiger partial charge on any atom is -0.348 e. The van der Waals surface area contributed by atoms with E-state index in [9.17, 15) is 4.79 Å². The molecule has 0 spiro atoms. The van der Waals surface area contributed by atoms with Crippen LogP contribution in [0.4, 0.5) is 0 Å². The zero-order chi connectivity index (χ0) is 13.7. The van der Waals surface area contributed by atoms with Crippen molar-refractivity contribution in [2.75, 3.05) is 0 Å². The second-order valence-corrected chi connectivity index (χ2v) is 6.35. The maximum Gasteiger partial charge on any atom is 0.272 e. The molecule has 0 saturated heterocycles. The fourth-order valence-electron chi connectivity index (χ4n) is 2.64. The molecular weight excluding hydrogens is 270 g/mol. The molecule has 1 aromatic carbocycles. The Labute approximate surface area is 121 Å². The van der Waals surface area contributed by atoms with Gasteiger partial charge in [0.15, 0.2) is 5.69 Å². The van der Waals surface area contributed by atoms with Gasteiger partial charge in [-0.1, -0.05) is 18.2 Å². The maximum absolute atomic E-state index is 12.3. The minimum absolute atomic E-state index is 0.0238. The van der Waals surface area contributed by atoms with E-state index in [0.29, 0.717) is 11.7 Å². The third-order valence-corrected chi connectivity index (χ3v) is 4.89. The van der Waals surface area contributed by atoms with E-state index >= 15 is 0 Å². The second kappa shape index (κ2) is 4.38. The van der Waals surface area contributed by atoms with Gasteiger partial charge in [-0.3, -0.25) is 9.48 Å². The zero-order valence-corrected chi connectivity index (χ0v) is 12.0. The van der Waals surface area contributed by atoms with Gasteiger partial charge in [-0.15, -0.1) is 11.8 Å². The topological polar surface area (TPSA) is 46.9 Å². The Morgan fingerprint density at radius 3 is 3.00 bits per heavy atom. The Morgan fingerprint density at radius 1 is 1.40 bits per heavy atom. The first kappa shape index (κ1) is 12.0. The highest BCUT2D eigenvalue weighted by molar-refractivity contribution is 7.98. The number of aryl methyl sites for hydroxylation is 1. The van der Waals surface area contributed by atoms with Crippen LogP contribution in [0.5, 0.6) is 0 Å². The summed E-state index contributed by atoms with van der Waals surface area (Å²) in [6, 6.07) is 8.67. The van der Waals surface area contributed by atoms with Crippen molar-refractivity contribution < 1.29 is 4.79 Å². The van der Waals surface area contributed by atoms with Crippen molar-refractivity contribution in [1.29, 1.82) is 0 Å². The minimum atomic E-state index is -0.0238. The van der Waals surface area contributed by atoms with Crippen LogP contribution in [-0.4, -0.2) is 21.7 Å². The maximum atomic E-state index is 12.3. The standard InChI is InChI=1S/C15H15N3OS/c1-18-14-10-4-2-3-5-12(10)20-8-11(14)13(17-18)15(19)16-9-6-7-9/h2-5,9H,6-8H2,1H3,(H,16,19). The van der Waals surface area contributed by atoms with Crippen LogP contribution in [0.3, 0.4) is 0 Å². The van der Waals surface area contributed by atoms with Gasteiger partial charge >= 0.3 is 0 Å². The van der Waals surface area contributed by atoms with Gasteiger partial charge in [0.1, 0.15) is 0 Å². The molecule has 1 saturated carbocycles. The van der Waals surface area contributed by atoms with Crippen LogP contribution >= 0.6 is 11.8 Å². The van der Waals surface area contributed by atoms with Gasteiger partial charge in [0, 0.05) is 34.9 Å². The molecule has 4 rings (SSSR count). The first-order valence-electron chi connectivity index (χ1n) is 6.83. The summed E-state index contributed by atoms with van der Waals surface area (Å²) < 4.78 is 1.84. The molecule has 102 valence electrons. The van der Waals surface area contributed by atoms with Crippen LogP contribution in [0, 0.1) is 0 Å². The monoisotopic (exact) mass is 285 g/mol. The smallest absolute Gasteiger partial charge is 0.272 e. The number of amides is 1. The molecule has 4 nitrogen and oxygen atoms in total. The molecule has 2 aliphatic rings. The number of aromatic nitrogens is 2. The van der Waals surface area contributed by atoms with Crippen LogP contribution < -0.4 is 5.32 Å². The lowest BCUT2D eigenvalue weighted by Gasteiger charge is -2.16. The number of carbonyl (C=O) groups excluding carboxylic acids is 1. The summed E-state index contributed by atoms with van der Waals surface area (Å²) in [6.07, 6.45) is 2.19. The molecule has 1 aliphatic heterocycles. The van der Waals surface area contributed by atoms with E-state index in [0.717, 1.165) is 29.9 Å². The predicted molar refractivity (Wildman–Crippen MR) is 78.7 cm³/mol. The zero-order valence-electron chi connectivity index (χ0n) is 11.2. The van der Waals surface area contributed by atoms with Gasteiger partial charge in [-0.2, -0.15) is 5.10 Å². The van der Waals surface area contributed by atoms with Crippen molar-refractivity contribution in [3.63, 3.8) is 0 Å². The molecule has 0 bridgehead atoms. The summed E-state index contributed by atoms with van der Waals surface area (Å²) in [5.74, 6) is 0.789. The van der Waals surface area contributed by atoms with Crippen LogP contribution in [0.2, 0.25) is 0 Å². The highest BCUT2D eigenvalue weighted by Gasteiger charge is 2.30. The molecule has 0 unspecified atom stereocenters. The molecule has 1 fully saturated rings. The quantitative estimate of drug-likeness (QED) is 0.922. The third-order valence-electron chi connectivity index (χ3n) is 3.79. The molecule has 20 heavy (non-hydrogen) atoms. The van der Waals surface area contributed by atoms with Crippen molar-refractivity contribution in [2.45, 2.75) is 29.5 Å². The molecule has 2 aromatic rings. The Kier molecular flexibility index (Phi) is 2.63. The van der Waals surface area contributed by atoms with E-state index in [2.05, 4.69) is 22.5 Å². The summed E-state index contributed by atoms with van der Waals surface area (Å²) >= 11 is 1.78. The number of thioether (sulfide) groups is 1. The van der Waals surface area contributed by atoms with Crippen LogP contribution in [0.1, 0.15) is 28.9 Å². The molecule has 0 atom stereocenters. The summed E-state index contributed by atoms with van der Waals surface area (Å²) in [6.45, 7) is 0. The normalized spacial score (nSPS) is 16.4. The molecule has 2 heterocycles. The number of nitrogens with zero attached hydrogens (tertiary/aromatic N) is 2. The summed E-state index contributed by atoms with van der Waals surface area (Å²) in [7, 11) is 1.92. The Morgan fingerprint density at radius 2 is 2.20 bits per heavy atom. The lowest BCUT2D eigenvalue weighted by atomic mass is 10.1.